The van der Waals surface area contributed by atoms with E-state index in [9.17, 15) is 9.59 Å². The molecule has 0 N–H and O–H groups in total. The molecular formula is C25H30N2O4. The largest absolute Gasteiger partial charge is 0.493 e. The van der Waals surface area contributed by atoms with E-state index in [4.69, 9.17) is 9.47 Å². The van der Waals surface area contributed by atoms with Crippen molar-refractivity contribution >= 4 is 22.4 Å². The molecule has 0 spiro atoms. The van der Waals surface area contributed by atoms with Gasteiger partial charge in [-0.3, -0.25) is 9.59 Å². The number of methoxy groups -OCH3 is 2. The molecule has 0 fully saturated rings. The maximum atomic E-state index is 13.8. The van der Waals surface area contributed by atoms with Crippen molar-refractivity contribution in [3.63, 3.8) is 0 Å². The van der Waals surface area contributed by atoms with E-state index in [1.807, 2.05) is 52.0 Å². The van der Waals surface area contributed by atoms with Crippen LogP contribution in [0.2, 0.25) is 0 Å². The SMILES string of the molecule is CCN(C(=O)c1cn(CC(C)C)c(=O)c2cc(OC)c(OC)cc12)c1ccccc1C. The Balaban J connectivity index is 2.30. The van der Waals surface area contributed by atoms with Crippen molar-refractivity contribution in [1.29, 1.82) is 0 Å². The second-order valence-corrected chi connectivity index (χ2v) is 7.98. The first-order valence-corrected chi connectivity index (χ1v) is 10.5. The average molecular weight is 423 g/mol. The summed E-state index contributed by atoms with van der Waals surface area (Å²) < 4.78 is 12.5. The predicted molar refractivity (Wildman–Crippen MR) is 125 cm³/mol. The van der Waals surface area contributed by atoms with Crippen LogP contribution in [0.25, 0.3) is 10.8 Å². The minimum Gasteiger partial charge on any atom is -0.493 e. The highest BCUT2D eigenvalue weighted by atomic mass is 16.5. The number of aromatic nitrogens is 1. The molecule has 0 saturated heterocycles. The van der Waals surface area contributed by atoms with Crippen molar-refractivity contribution in [2.24, 2.45) is 5.92 Å². The van der Waals surface area contributed by atoms with Crippen LogP contribution in [0.4, 0.5) is 5.69 Å². The van der Waals surface area contributed by atoms with Gasteiger partial charge in [0.25, 0.3) is 11.5 Å². The summed E-state index contributed by atoms with van der Waals surface area (Å²) in [6.07, 6.45) is 1.68. The number of ether oxygens (including phenoxy) is 2. The van der Waals surface area contributed by atoms with Gasteiger partial charge in [0.2, 0.25) is 0 Å². The number of benzene rings is 2. The fraction of sp³-hybridized carbons (Fsp3) is 0.360. The number of carbonyl (C=O) groups is 1. The Kier molecular flexibility index (Phi) is 6.68. The molecule has 31 heavy (non-hydrogen) atoms. The van der Waals surface area contributed by atoms with E-state index in [1.165, 1.54) is 14.2 Å². The lowest BCUT2D eigenvalue weighted by Crippen LogP contribution is -2.33. The minimum absolute atomic E-state index is 0.153. The molecule has 1 aromatic heterocycles. The fourth-order valence-corrected chi connectivity index (χ4v) is 3.85. The van der Waals surface area contributed by atoms with Crippen molar-refractivity contribution < 1.29 is 14.3 Å². The average Bonchev–Trinajstić information content (AvgIpc) is 2.76. The maximum Gasteiger partial charge on any atom is 0.260 e. The Morgan fingerprint density at radius 2 is 1.68 bits per heavy atom. The van der Waals surface area contributed by atoms with Gasteiger partial charge in [0.1, 0.15) is 0 Å². The molecule has 3 rings (SSSR count). The highest BCUT2D eigenvalue weighted by Crippen LogP contribution is 2.33. The lowest BCUT2D eigenvalue weighted by atomic mass is 10.0. The van der Waals surface area contributed by atoms with Crippen LogP contribution in [0.5, 0.6) is 11.5 Å². The molecule has 3 aromatic rings. The highest BCUT2D eigenvalue weighted by molar-refractivity contribution is 6.14. The topological polar surface area (TPSA) is 60.8 Å². The van der Waals surface area contributed by atoms with Gasteiger partial charge in [-0.05, 0) is 43.5 Å². The molecule has 1 heterocycles. The van der Waals surface area contributed by atoms with Gasteiger partial charge < -0.3 is 18.9 Å². The maximum absolute atomic E-state index is 13.8. The van der Waals surface area contributed by atoms with Crippen LogP contribution in [0.1, 0.15) is 36.7 Å². The van der Waals surface area contributed by atoms with Crippen LogP contribution in [0.15, 0.2) is 47.4 Å². The van der Waals surface area contributed by atoms with Crippen LogP contribution in [-0.2, 0) is 6.54 Å². The predicted octanol–water partition coefficient (Wildman–Crippen LogP) is 4.65. The number of aryl methyl sites for hydroxylation is 1. The molecule has 0 atom stereocenters. The molecule has 0 aliphatic carbocycles. The van der Waals surface area contributed by atoms with Crippen molar-refractivity contribution in [3.05, 3.63) is 64.1 Å². The van der Waals surface area contributed by atoms with Crippen LogP contribution < -0.4 is 19.9 Å². The van der Waals surface area contributed by atoms with E-state index >= 15 is 0 Å². The molecule has 0 unspecified atom stereocenters. The first kappa shape index (κ1) is 22.4. The van der Waals surface area contributed by atoms with E-state index in [2.05, 4.69) is 0 Å². The van der Waals surface area contributed by atoms with Gasteiger partial charge >= 0.3 is 0 Å². The summed E-state index contributed by atoms with van der Waals surface area (Å²) in [6.45, 7) is 9.02. The number of nitrogens with zero attached hydrogens (tertiary/aromatic N) is 2. The summed E-state index contributed by atoms with van der Waals surface area (Å²) in [5.41, 5.74) is 2.17. The normalized spacial score (nSPS) is 11.1. The van der Waals surface area contributed by atoms with Crippen molar-refractivity contribution in [2.45, 2.75) is 34.2 Å². The first-order valence-electron chi connectivity index (χ1n) is 10.5. The molecule has 0 saturated carbocycles. The molecule has 0 radical (unpaired) electrons. The third-order valence-electron chi connectivity index (χ3n) is 5.35. The minimum atomic E-state index is -0.161. The third-order valence-corrected chi connectivity index (χ3v) is 5.35. The Labute approximate surface area is 183 Å². The highest BCUT2D eigenvalue weighted by Gasteiger charge is 2.23. The Morgan fingerprint density at radius 1 is 1.06 bits per heavy atom. The number of amides is 1. The summed E-state index contributed by atoms with van der Waals surface area (Å²) in [5, 5.41) is 0.990. The van der Waals surface area contributed by atoms with Gasteiger partial charge in [0.15, 0.2) is 11.5 Å². The zero-order valence-corrected chi connectivity index (χ0v) is 19.1. The fourth-order valence-electron chi connectivity index (χ4n) is 3.85. The van der Waals surface area contributed by atoms with Gasteiger partial charge in [0, 0.05) is 30.4 Å². The molecule has 2 aromatic carbocycles. The second-order valence-electron chi connectivity index (χ2n) is 7.98. The number of para-hydroxylation sites is 1. The van der Waals surface area contributed by atoms with Gasteiger partial charge in [-0.25, -0.2) is 0 Å². The zero-order valence-electron chi connectivity index (χ0n) is 19.1. The molecule has 0 aliphatic heterocycles. The van der Waals surface area contributed by atoms with E-state index < -0.39 is 0 Å². The molecule has 1 amide bonds. The van der Waals surface area contributed by atoms with Crippen LogP contribution in [-0.4, -0.2) is 31.2 Å². The molecular weight excluding hydrogens is 392 g/mol. The molecule has 6 heteroatoms. The van der Waals surface area contributed by atoms with E-state index in [1.54, 1.807) is 27.8 Å². The standard InChI is InChI=1S/C25H30N2O4/c1-7-27(21-11-9-8-10-17(21)4)25(29)20-15-26(14-16(2)3)24(28)19-13-23(31-6)22(30-5)12-18(19)20/h8-13,15-16H,7,14H2,1-6H3. The third kappa shape index (κ3) is 4.29. The smallest absolute Gasteiger partial charge is 0.260 e. The van der Waals surface area contributed by atoms with Gasteiger partial charge in [0.05, 0.1) is 25.2 Å². The lowest BCUT2D eigenvalue weighted by molar-refractivity contribution is 0.0989. The number of carbonyl (C=O) groups excluding carboxylic acids is 1. The molecule has 0 aliphatic rings. The van der Waals surface area contributed by atoms with Crippen molar-refractivity contribution in [1.82, 2.24) is 4.57 Å². The van der Waals surface area contributed by atoms with Crippen LogP contribution in [0, 0.1) is 12.8 Å². The Morgan fingerprint density at radius 3 is 2.23 bits per heavy atom. The number of fused-ring (bicyclic) bond motifs is 1. The monoisotopic (exact) mass is 422 g/mol. The van der Waals surface area contributed by atoms with Crippen LogP contribution in [0.3, 0.4) is 0 Å². The summed E-state index contributed by atoms with van der Waals surface area (Å²) in [7, 11) is 3.07. The quantitative estimate of drug-likeness (QED) is 0.556. The summed E-state index contributed by atoms with van der Waals surface area (Å²) >= 11 is 0. The van der Waals surface area contributed by atoms with Gasteiger partial charge in [-0.1, -0.05) is 32.0 Å². The number of anilines is 1. The zero-order chi connectivity index (χ0) is 22.7. The number of pyridine rings is 1. The van der Waals surface area contributed by atoms with E-state index in [-0.39, 0.29) is 17.4 Å². The summed E-state index contributed by atoms with van der Waals surface area (Å²) in [6, 6.07) is 11.2. The number of hydrogen-bond donors (Lipinski definition) is 0. The molecule has 6 nitrogen and oxygen atoms in total. The van der Waals surface area contributed by atoms with E-state index in [0.717, 1.165) is 11.3 Å². The Hall–Kier alpha value is -3.28. The Bertz CT molecular complexity index is 1160. The lowest BCUT2D eigenvalue weighted by Gasteiger charge is -2.24. The van der Waals surface area contributed by atoms with Gasteiger partial charge in [-0.15, -0.1) is 0 Å². The first-order chi connectivity index (χ1) is 14.8. The van der Waals surface area contributed by atoms with Crippen molar-refractivity contribution in [2.75, 3.05) is 25.7 Å². The number of rotatable bonds is 7. The summed E-state index contributed by atoms with van der Waals surface area (Å²) in [4.78, 5) is 28.7. The van der Waals surface area contributed by atoms with Crippen LogP contribution >= 0.6 is 0 Å². The van der Waals surface area contributed by atoms with Gasteiger partial charge in [-0.2, -0.15) is 0 Å². The molecule has 164 valence electrons. The second kappa shape index (κ2) is 9.25. The van der Waals surface area contributed by atoms with Crippen molar-refractivity contribution in [3.8, 4) is 11.5 Å². The molecule has 0 bridgehead atoms. The number of hydrogen-bond acceptors (Lipinski definition) is 4. The van der Waals surface area contributed by atoms with E-state index in [0.29, 0.717) is 40.9 Å². The summed E-state index contributed by atoms with van der Waals surface area (Å²) in [5.74, 6) is 1.02.